The fourth-order valence-corrected chi connectivity index (χ4v) is 3.75. The summed E-state index contributed by atoms with van der Waals surface area (Å²) in [5.41, 5.74) is 0.701. The number of halogens is 1. The molecule has 0 saturated carbocycles. The normalized spacial score (nSPS) is 18.7. The van der Waals surface area contributed by atoms with Crippen LogP contribution in [0.15, 0.2) is 35.7 Å². The maximum absolute atomic E-state index is 13.1. The standard InChI is InChI=1S/C17H21FN2O2S/c1-2-3-4-5-6-13-23(21,22)17-14-19-11-12-20(17)16-9-7-15(18)8-10-16/h6-10,13,17,19H,2-3,11-12,14H2,1H3/b13-6+. The number of rotatable bonds is 4. The van der Waals surface area contributed by atoms with Crippen molar-refractivity contribution in [3.63, 3.8) is 0 Å². The number of nitrogens with zero attached hydrogens (tertiary/aromatic N) is 1. The molecule has 1 heterocycles. The summed E-state index contributed by atoms with van der Waals surface area (Å²) in [5.74, 6) is 5.29. The van der Waals surface area contributed by atoms with E-state index < -0.39 is 15.2 Å². The minimum Gasteiger partial charge on any atom is -0.352 e. The molecule has 2 rings (SSSR count). The number of benzene rings is 1. The summed E-state index contributed by atoms with van der Waals surface area (Å²) >= 11 is 0. The Morgan fingerprint density at radius 1 is 1.39 bits per heavy atom. The SMILES string of the molecule is CCCC#C/C=C/S(=O)(=O)C1CNCCN1c1ccc(F)cc1. The third kappa shape index (κ3) is 4.81. The third-order valence-electron chi connectivity index (χ3n) is 3.55. The second kappa shape index (κ2) is 8.14. The molecule has 1 aliphatic rings. The van der Waals surface area contributed by atoms with E-state index in [2.05, 4.69) is 17.2 Å². The number of unbranched alkanes of at least 4 members (excludes halogenated alkanes) is 1. The van der Waals surface area contributed by atoms with Crippen LogP contribution in [0.25, 0.3) is 0 Å². The minimum atomic E-state index is -3.49. The summed E-state index contributed by atoms with van der Waals surface area (Å²) in [6, 6.07) is 5.89. The molecule has 1 saturated heterocycles. The van der Waals surface area contributed by atoms with E-state index in [4.69, 9.17) is 0 Å². The highest BCUT2D eigenvalue weighted by Gasteiger charge is 2.32. The predicted molar refractivity (Wildman–Crippen MR) is 91.1 cm³/mol. The second-order valence-corrected chi connectivity index (χ2v) is 7.29. The molecule has 0 aromatic heterocycles. The zero-order valence-corrected chi connectivity index (χ0v) is 13.9. The summed E-state index contributed by atoms with van der Waals surface area (Å²) in [6.07, 6.45) is 3.08. The van der Waals surface area contributed by atoms with Gasteiger partial charge in [-0.15, -0.1) is 0 Å². The van der Waals surface area contributed by atoms with Crippen LogP contribution in [0.1, 0.15) is 19.8 Å². The summed E-state index contributed by atoms with van der Waals surface area (Å²) < 4.78 is 38.2. The van der Waals surface area contributed by atoms with Crippen LogP contribution < -0.4 is 10.2 Å². The number of anilines is 1. The van der Waals surface area contributed by atoms with Crippen molar-refractivity contribution in [3.05, 3.63) is 41.6 Å². The van der Waals surface area contributed by atoms with E-state index in [9.17, 15) is 12.8 Å². The van der Waals surface area contributed by atoms with Crippen LogP contribution in [0.4, 0.5) is 10.1 Å². The number of nitrogens with one attached hydrogen (secondary N) is 1. The highest BCUT2D eigenvalue weighted by Crippen LogP contribution is 2.22. The molecule has 4 nitrogen and oxygen atoms in total. The molecule has 1 unspecified atom stereocenters. The number of piperazine rings is 1. The Hall–Kier alpha value is -1.84. The minimum absolute atomic E-state index is 0.326. The average molecular weight is 336 g/mol. The fourth-order valence-electron chi connectivity index (χ4n) is 2.38. The van der Waals surface area contributed by atoms with Crippen LogP contribution in [0.3, 0.4) is 0 Å². The van der Waals surface area contributed by atoms with Crippen molar-refractivity contribution in [2.24, 2.45) is 0 Å². The van der Waals surface area contributed by atoms with Gasteiger partial charge < -0.3 is 10.2 Å². The van der Waals surface area contributed by atoms with Gasteiger partial charge in [-0.1, -0.05) is 18.8 Å². The first-order chi connectivity index (χ1) is 11.0. The smallest absolute Gasteiger partial charge is 0.194 e. The molecule has 0 radical (unpaired) electrons. The van der Waals surface area contributed by atoms with Gasteiger partial charge in [0.1, 0.15) is 11.2 Å². The Bertz CT molecular complexity index is 702. The van der Waals surface area contributed by atoms with Crippen molar-refractivity contribution < 1.29 is 12.8 Å². The maximum Gasteiger partial charge on any atom is 0.194 e. The molecular formula is C17H21FN2O2S. The molecule has 1 aliphatic heterocycles. The van der Waals surface area contributed by atoms with Crippen LogP contribution in [0, 0.1) is 17.7 Å². The Morgan fingerprint density at radius 2 is 2.13 bits per heavy atom. The van der Waals surface area contributed by atoms with E-state index in [0.717, 1.165) is 12.8 Å². The number of sulfone groups is 1. The second-order valence-electron chi connectivity index (χ2n) is 5.29. The molecule has 0 amide bonds. The molecule has 1 aromatic carbocycles. The van der Waals surface area contributed by atoms with Crippen molar-refractivity contribution in [1.82, 2.24) is 5.32 Å². The van der Waals surface area contributed by atoms with Gasteiger partial charge in [-0.25, -0.2) is 12.8 Å². The molecule has 6 heteroatoms. The Kier molecular flexibility index (Phi) is 6.20. The van der Waals surface area contributed by atoms with Gasteiger partial charge in [0, 0.05) is 37.2 Å². The highest BCUT2D eigenvalue weighted by atomic mass is 32.2. The average Bonchev–Trinajstić information content (AvgIpc) is 2.55. The van der Waals surface area contributed by atoms with Gasteiger partial charge in [0.05, 0.1) is 0 Å². The number of hydrogen-bond donors (Lipinski definition) is 1. The number of hydrogen-bond acceptors (Lipinski definition) is 4. The van der Waals surface area contributed by atoms with Gasteiger partial charge in [0.25, 0.3) is 0 Å². The summed E-state index contributed by atoms with van der Waals surface area (Å²) in [5, 5.41) is 3.55. The Balaban J connectivity index is 2.20. The Morgan fingerprint density at radius 3 is 2.83 bits per heavy atom. The molecule has 1 aromatic rings. The van der Waals surface area contributed by atoms with Gasteiger partial charge in [0.15, 0.2) is 9.84 Å². The van der Waals surface area contributed by atoms with Crippen LogP contribution >= 0.6 is 0 Å². The van der Waals surface area contributed by atoms with E-state index in [-0.39, 0.29) is 5.82 Å². The highest BCUT2D eigenvalue weighted by molar-refractivity contribution is 7.95. The fraction of sp³-hybridized carbons (Fsp3) is 0.412. The first-order valence-electron chi connectivity index (χ1n) is 7.66. The van der Waals surface area contributed by atoms with Crippen LogP contribution in [-0.4, -0.2) is 33.4 Å². The monoisotopic (exact) mass is 336 g/mol. The van der Waals surface area contributed by atoms with Gasteiger partial charge in [0.2, 0.25) is 0 Å². The lowest BCUT2D eigenvalue weighted by atomic mass is 10.2. The summed E-state index contributed by atoms with van der Waals surface area (Å²) in [4.78, 5) is 1.79. The molecule has 1 fully saturated rings. The van der Waals surface area contributed by atoms with Crippen molar-refractivity contribution in [3.8, 4) is 11.8 Å². The topological polar surface area (TPSA) is 49.4 Å². The lowest BCUT2D eigenvalue weighted by molar-refractivity contribution is 0.523. The van der Waals surface area contributed by atoms with Gasteiger partial charge in [-0.2, -0.15) is 0 Å². The molecule has 0 spiro atoms. The zero-order chi connectivity index (χ0) is 16.7. The van der Waals surface area contributed by atoms with Crippen LogP contribution in [0.5, 0.6) is 0 Å². The number of allylic oxidation sites excluding steroid dienone is 1. The van der Waals surface area contributed by atoms with Crippen LogP contribution in [-0.2, 0) is 9.84 Å². The van der Waals surface area contributed by atoms with Crippen LogP contribution in [0.2, 0.25) is 0 Å². The lowest BCUT2D eigenvalue weighted by Crippen LogP contribution is -2.54. The van der Waals surface area contributed by atoms with E-state index >= 15 is 0 Å². The molecule has 0 aliphatic carbocycles. The first kappa shape index (κ1) is 17.5. The molecular weight excluding hydrogens is 315 g/mol. The van der Waals surface area contributed by atoms with Gasteiger partial charge in [-0.3, -0.25) is 0 Å². The molecule has 23 heavy (non-hydrogen) atoms. The maximum atomic E-state index is 13.1. The van der Waals surface area contributed by atoms with Crippen molar-refractivity contribution in [1.29, 1.82) is 0 Å². The largest absolute Gasteiger partial charge is 0.352 e. The Labute approximate surface area is 137 Å². The van der Waals surface area contributed by atoms with Crippen molar-refractivity contribution in [2.75, 3.05) is 24.5 Å². The quantitative estimate of drug-likeness (QED) is 0.857. The van der Waals surface area contributed by atoms with E-state index in [1.807, 2.05) is 6.92 Å². The lowest BCUT2D eigenvalue weighted by Gasteiger charge is -2.36. The van der Waals surface area contributed by atoms with Crippen molar-refractivity contribution in [2.45, 2.75) is 25.1 Å². The van der Waals surface area contributed by atoms with Gasteiger partial charge >= 0.3 is 0 Å². The summed E-state index contributed by atoms with van der Waals surface area (Å²) in [7, 11) is -3.49. The molecule has 124 valence electrons. The predicted octanol–water partition coefficient (Wildman–Crippen LogP) is 2.29. The van der Waals surface area contributed by atoms with Crippen molar-refractivity contribution >= 4 is 15.5 Å². The first-order valence-corrected chi connectivity index (χ1v) is 9.27. The van der Waals surface area contributed by atoms with Gasteiger partial charge in [-0.05, 0) is 36.8 Å². The van der Waals surface area contributed by atoms with E-state index in [1.165, 1.54) is 23.6 Å². The zero-order valence-electron chi connectivity index (χ0n) is 13.1. The summed E-state index contributed by atoms with van der Waals surface area (Å²) in [6.45, 7) is 3.57. The van der Waals surface area contributed by atoms with E-state index in [0.29, 0.717) is 25.3 Å². The molecule has 1 atom stereocenters. The van der Waals surface area contributed by atoms with E-state index in [1.54, 1.807) is 17.0 Å². The molecule has 0 bridgehead atoms. The third-order valence-corrected chi connectivity index (χ3v) is 5.25. The molecule has 1 N–H and O–H groups in total.